The molecule has 0 spiro atoms. The quantitative estimate of drug-likeness (QED) is 0.774. The molecule has 1 aliphatic rings. The Balaban J connectivity index is 1.85. The largest absolute Gasteiger partial charge is 0.478 e. The van der Waals surface area contributed by atoms with Crippen molar-refractivity contribution in [2.24, 2.45) is 11.3 Å². The van der Waals surface area contributed by atoms with E-state index in [0.717, 1.165) is 6.42 Å². The molecule has 0 bridgehead atoms. The van der Waals surface area contributed by atoms with E-state index in [-0.39, 0.29) is 11.6 Å². The topological polar surface area (TPSA) is 91.3 Å². The SMILES string of the molecule is CC1(C)CC1CNC(=O)Nc1cncc(C(=O)O)c1. The number of pyridine rings is 1. The summed E-state index contributed by atoms with van der Waals surface area (Å²) in [6.07, 6.45) is 3.76. The van der Waals surface area contributed by atoms with E-state index in [0.29, 0.717) is 23.6 Å². The highest BCUT2D eigenvalue weighted by molar-refractivity contribution is 5.92. The van der Waals surface area contributed by atoms with Gasteiger partial charge in [0.2, 0.25) is 0 Å². The molecule has 6 heteroatoms. The molecule has 19 heavy (non-hydrogen) atoms. The van der Waals surface area contributed by atoms with E-state index in [1.807, 2.05) is 0 Å². The molecule has 2 amide bonds. The van der Waals surface area contributed by atoms with Crippen LogP contribution in [0.25, 0.3) is 0 Å². The minimum atomic E-state index is -1.07. The van der Waals surface area contributed by atoms with Crippen LogP contribution in [0.4, 0.5) is 10.5 Å². The number of amides is 2. The Morgan fingerprint density at radius 2 is 2.16 bits per heavy atom. The fourth-order valence-electron chi connectivity index (χ4n) is 1.94. The molecule has 0 aromatic carbocycles. The maximum atomic E-state index is 11.6. The van der Waals surface area contributed by atoms with Crippen LogP contribution in [0.2, 0.25) is 0 Å². The normalized spacial score (nSPS) is 19.6. The number of hydrogen-bond donors (Lipinski definition) is 3. The number of aromatic carboxylic acids is 1. The number of carbonyl (C=O) groups is 2. The summed E-state index contributed by atoms with van der Waals surface area (Å²) in [5.41, 5.74) is 0.728. The summed E-state index contributed by atoms with van der Waals surface area (Å²) in [4.78, 5) is 26.2. The molecule has 2 rings (SSSR count). The Hall–Kier alpha value is -2.11. The lowest BCUT2D eigenvalue weighted by Gasteiger charge is -2.08. The minimum absolute atomic E-state index is 0.0427. The van der Waals surface area contributed by atoms with Crippen molar-refractivity contribution in [2.75, 3.05) is 11.9 Å². The summed E-state index contributed by atoms with van der Waals surface area (Å²) in [6.45, 7) is 4.96. The smallest absolute Gasteiger partial charge is 0.337 e. The number of nitrogens with zero attached hydrogens (tertiary/aromatic N) is 1. The molecule has 1 aromatic heterocycles. The molecular weight excluding hydrogens is 246 g/mol. The van der Waals surface area contributed by atoms with E-state index in [1.165, 1.54) is 18.5 Å². The van der Waals surface area contributed by atoms with Crippen LogP contribution >= 0.6 is 0 Å². The third-order valence-electron chi connectivity index (χ3n) is 3.47. The Morgan fingerprint density at radius 1 is 1.47 bits per heavy atom. The Bertz CT molecular complexity index is 514. The average Bonchev–Trinajstić information content (AvgIpc) is 2.95. The molecule has 3 N–H and O–H groups in total. The molecule has 1 atom stereocenters. The predicted octanol–water partition coefficient (Wildman–Crippen LogP) is 1.95. The molecule has 1 aromatic rings. The number of hydrogen-bond acceptors (Lipinski definition) is 3. The number of anilines is 1. The molecule has 1 fully saturated rings. The van der Waals surface area contributed by atoms with Crippen molar-refractivity contribution in [3.8, 4) is 0 Å². The first-order chi connectivity index (χ1) is 8.88. The van der Waals surface area contributed by atoms with Crippen LogP contribution in [-0.4, -0.2) is 28.6 Å². The predicted molar refractivity (Wildman–Crippen MR) is 70.1 cm³/mol. The molecule has 1 aliphatic carbocycles. The first kappa shape index (κ1) is 13.3. The van der Waals surface area contributed by atoms with Crippen LogP contribution in [-0.2, 0) is 0 Å². The van der Waals surface area contributed by atoms with Crippen LogP contribution in [0.15, 0.2) is 18.5 Å². The molecular formula is C13H17N3O3. The van der Waals surface area contributed by atoms with Gasteiger partial charge in [-0.25, -0.2) is 9.59 Å². The van der Waals surface area contributed by atoms with E-state index < -0.39 is 5.97 Å². The number of carboxylic acid groups (broad SMARTS) is 1. The zero-order valence-corrected chi connectivity index (χ0v) is 10.9. The van der Waals surface area contributed by atoms with Crippen LogP contribution in [0.5, 0.6) is 0 Å². The van der Waals surface area contributed by atoms with E-state index in [9.17, 15) is 9.59 Å². The van der Waals surface area contributed by atoms with Gasteiger partial charge in [-0.05, 0) is 23.8 Å². The highest BCUT2D eigenvalue weighted by Crippen LogP contribution is 2.50. The fraction of sp³-hybridized carbons (Fsp3) is 0.462. The molecule has 0 saturated heterocycles. The summed E-state index contributed by atoms with van der Waals surface area (Å²) in [6, 6.07) is 1.03. The lowest BCUT2D eigenvalue weighted by molar-refractivity contribution is 0.0696. The minimum Gasteiger partial charge on any atom is -0.478 e. The van der Waals surface area contributed by atoms with Gasteiger partial charge < -0.3 is 15.7 Å². The van der Waals surface area contributed by atoms with Gasteiger partial charge in [-0.15, -0.1) is 0 Å². The second kappa shape index (κ2) is 4.87. The van der Waals surface area contributed by atoms with E-state index in [4.69, 9.17) is 5.11 Å². The fourth-order valence-corrected chi connectivity index (χ4v) is 1.94. The Labute approximate surface area is 111 Å². The molecule has 1 heterocycles. The lowest BCUT2D eigenvalue weighted by atomic mass is 10.1. The zero-order chi connectivity index (χ0) is 14.0. The van der Waals surface area contributed by atoms with Gasteiger partial charge in [0.15, 0.2) is 0 Å². The Kier molecular flexibility index (Phi) is 3.42. The molecule has 0 aliphatic heterocycles. The van der Waals surface area contributed by atoms with Crippen LogP contribution < -0.4 is 10.6 Å². The lowest BCUT2D eigenvalue weighted by Crippen LogP contribution is -2.31. The molecule has 1 saturated carbocycles. The van der Waals surface area contributed by atoms with Crippen molar-refractivity contribution in [3.05, 3.63) is 24.0 Å². The number of aromatic nitrogens is 1. The van der Waals surface area contributed by atoms with Gasteiger partial charge in [-0.3, -0.25) is 4.98 Å². The van der Waals surface area contributed by atoms with Crippen molar-refractivity contribution in [1.82, 2.24) is 10.3 Å². The molecule has 102 valence electrons. The zero-order valence-electron chi connectivity index (χ0n) is 10.9. The van der Waals surface area contributed by atoms with Gasteiger partial charge in [0.25, 0.3) is 0 Å². The van der Waals surface area contributed by atoms with Gasteiger partial charge in [-0.1, -0.05) is 13.8 Å². The van der Waals surface area contributed by atoms with Gasteiger partial charge in [0, 0.05) is 12.7 Å². The monoisotopic (exact) mass is 263 g/mol. The van der Waals surface area contributed by atoms with E-state index >= 15 is 0 Å². The highest BCUT2D eigenvalue weighted by Gasteiger charge is 2.45. The van der Waals surface area contributed by atoms with Gasteiger partial charge >= 0.3 is 12.0 Å². The standard InChI is InChI=1S/C13H17N3O3/c1-13(2)4-9(13)6-15-12(19)16-10-3-8(11(17)18)5-14-7-10/h3,5,7,9H,4,6H2,1-2H3,(H,17,18)(H2,15,16,19). The summed E-state index contributed by atoms with van der Waals surface area (Å²) >= 11 is 0. The van der Waals surface area contributed by atoms with E-state index in [2.05, 4.69) is 29.5 Å². The van der Waals surface area contributed by atoms with Gasteiger partial charge in [-0.2, -0.15) is 0 Å². The number of nitrogens with one attached hydrogen (secondary N) is 2. The van der Waals surface area contributed by atoms with Crippen LogP contribution in [0, 0.1) is 11.3 Å². The van der Waals surface area contributed by atoms with Crippen molar-refractivity contribution in [3.63, 3.8) is 0 Å². The van der Waals surface area contributed by atoms with Crippen LogP contribution in [0.1, 0.15) is 30.6 Å². The van der Waals surface area contributed by atoms with Gasteiger partial charge in [0.1, 0.15) is 0 Å². The molecule has 0 radical (unpaired) electrons. The third kappa shape index (κ3) is 3.43. The summed E-state index contributed by atoms with van der Waals surface area (Å²) < 4.78 is 0. The number of rotatable bonds is 4. The van der Waals surface area contributed by atoms with Crippen molar-refractivity contribution in [2.45, 2.75) is 20.3 Å². The first-order valence-electron chi connectivity index (χ1n) is 6.12. The van der Waals surface area contributed by atoms with Crippen molar-refractivity contribution < 1.29 is 14.7 Å². The summed E-state index contributed by atoms with van der Waals surface area (Å²) in [7, 11) is 0. The number of carboxylic acids is 1. The summed E-state index contributed by atoms with van der Waals surface area (Å²) in [5.74, 6) is -0.557. The van der Waals surface area contributed by atoms with Gasteiger partial charge in [0.05, 0.1) is 17.4 Å². The average molecular weight is 263 g/mol. The first-order valence-corrected chi connectivity index (χ1v) is 6.12. The van der Waals surface area contributed by atoms with Crippen molar-refractivity contribution >= 4 is 17.7 Å². The second-order valence-corrected chi connectivity index (χ2v) is 5.49. The highest BCUT2D eigenvalue weighted by atomic mass is 16.4. The number of urea groups is 1. The second-order valence-electron chi connectivity index (χ2n) is 5.49. The maximum absolute atomic E-state index is 11.6. The molecule has 6 nitrogen and oxygen atoms in total. The van der Waals surface area contributed by atoms with Crippen molar-refractivity contribution in [1.29, 1.82) is 0 Å². The third-order valence-corrected chi connectivity index (χ3v) is 3.47. The van der Waals surface area contributed by atoms with Crippen LogP contribution in [0.3, 0.4) is 0 Å². The molecule has 1 unspecified atom stereocenters. The Morgan fingerprint density at radius 3 is 2.74 bits per heavy atom. The number of carbonyl (C=O) groups excluding carboxylic acids is 1. The maximum Gasteiger partial charge on any atom is 0.337 e. The summed E-state index contributed by atoms with van der Waals surface area (Å²) in [5, 5.41) is 14.2. The van der Waals surface area contributed by atoms with E-state index in [1.54, 1.807) is 0 Å².